The molecule has 1 aliphatic heterocycles. The molecule has 0 bridgehead atoms. The molecule has 0 radical (unpaired) electrons. The molecule has 1 saturated carbocycles. The largest absolute Gasteiger partial charge is 0.388 e. The molecule has 2 fully saturated rings. The third-order valence-electron chi connectivity index (χ3n) is 5.04. The summed E-state index contributed by atoms with van der Waals surface area (Å²) in [7, 11) is 0. The fourth-order valence-corrected chi connectivity index (χ4v) is 3.47. The first-order valence-electron chi connectivity index (χ1n) is 9.23. The SMILES string of the molecule is N=C/C(=C\NC1CCNCC1)c1ccc(COC2CCCC2)cc1. The molecule has 3 rings (SSSR count). The van der Waals surface area contributed by atoms with Crippen molar-refractivity contribution in [1.29, 1.82) is 5.41 Å². The Bertz CT molecular complexity index is 541. The Hall–Kier alpha value is -1.65. The van der Waals surface area contributed by atoms with Crippen molar-refractivity contribution in [2.45, 2.75) is 57.3 Å². The molecule has 4 nitrogen and oxygen atoms in total. The summed E-state index contributed by atoms with van der Waals surface area (Å²) in [6.45, 7) is 2.84. The van der Waals surface area contributed by atoms with Crippen LogP contribution in [0.15, 0.2) is 30.5 Å². The lowest BCUT2D eigenvalue weighted by Gasteiger charge is -2.23. The van der Waals surface area contributed by atoms with E-state index in [1.165, 1.54) is 37.5 Å². The average molecular weight is 327 g/mol. The van der Waals surface area contributed by atoms with Crippen LogP contribution in [0.3, 0.4) is 0 Å². The summed E-state index contributed by atoms with van der Waals surface area (Å²) in [5, 5.41) is 14.5. The van der Waals surface area contributed by atoms with Gasteiger partial charge in [0.15, 0.2) is 0 Å². The van der Waals surface area contributed by atoms with Gasteiger partial charge in [-0.1, -0.05) is 37.1 Å². The van der Waals surface area contributed by atoms with E-state index in [0.29, 0.717) is 18.8 Å². The second-order valence-electron chi connectivity index (χ2n) is 6.85. The third kappa shape index (κ3) is 4.92. The van der Waals surface area contributed by atoms with Crippen LogP contribution in [0.5, 0.6) is 0 Å². The zero-order valence-electron chi connectivity index (χ0n) is 14.4. The van der Waals surface area contributed by atoms with E-state index < -0.39 is 0 Å². The lowest BCUT2D eigenvalue weighted by Crippen LogP contribution is -2.37. The van der Waals surface area contributed by atoms with Crippen molar-refractivity contribution in [3.05, 3.63) is 41.6 Å². The number of hydrogen-bond acceptors (Lipinski definition) is 4. The molecule has 0 amide bonds. The Balaban J connectivity index is 1.54. The van der Waals surface area contributed by atoms with Crippen LogP contribution in [0.25, 0.3) is 5.57 Å². The molecule has 0 spiro atoms. The minimum Gasteiger partial charge on any atom is -0.388 e. The summed E-state index contributed by atoms with van der Waals surface area (Å²) >= 11 is 0. The Morgan fingerprint density at radius 1 is 1.12 bits per heavy atom. The molecule has 1 heterocycles. The lowest BCUT2D eigenvalue weighted by atomic mass is 10.0. The van der Waals surface area contributed by atoms with E-state index in [9.17, 15) is 0 Å². The standard InChI is InChI=1S/C20H29N3O/c21-13-18(14-23-19-9-11-22-12-10-19)17-7-5-16(6-8-17)15-24-20-3-1-2-4-20/h5-8,13-14,19-23H,1-4,9-12,15H2/b18-14+,21-13?. The van der Waals surface area contributed by atoms with Crippen LogP contribution in [0.2, 0.25) is 0 Å². The summed E-state index contributed by atoms with van der Waals surface area (Å²) in [6, 6.07) is 8.93. The maximum absolute atomic E-state index is 7.69. The van der Waals surface area contributed by atoms with Crippen LogP contribution in [-0.4, -0.2) is 31.4 Å². The molecule has 0 unspecified atom stereocenters. The minimum atomic E-state index is 0.455. The van der Waals surface area contributed by atoms with E-state index >= 15 is 0 Å². The van der Waals surface area contributed by atoms with Gasteiger partial charge in [0.1, 0.15) is 0 Å². The van der Waals surface area contributed by atoms with Gasteiger partial charge >= 0.3 is 0 Å². The first kappa shape index (κ1) is 17.2. The molecule has 24 heavy (non-hydrogen) atoms. The van der Waals surface area contributed by atoms with Gasteiger partial charge < -0.3 is 20.8 Å². The summed E-state index contributed by atoms with van der Waals surface area (Å²) in [6.07, 6.45) is 11.2. The highest BCUT2D eigenvalue weighted by Gasteiger charge is 2.15. The molecule has 3 N–H and O–H groups in total. The third-order valence-corrected chi connectivity index (χ3v) is 5.04. The summed E-state index contributed by atoms with van der Waals surface area (Å²) in [5.41, 5.74) is 3.22. The van der Waals surface area contributed by atoms with Crippen LogP contribution < -0.4 is 10.6 Å². The quantitative estimate of drug-likeness (QED) is 0.672. The smallest absolute Gasteiger partial charge is 0.0720 e. The second-order valence-corrected chi connectivity index (χ2v) is 6.85. The molecule has 0 atom stereocenters. The normalized spacial score (nSPS) is 20.2. The van der Waals surface area contributed by atoms with Gasteiger partial charge in [-0.2, -0.15) is 0 Å². The minimum absolute atomic E-state index is 0.455. The molecule has 4 heteroatoms. The number of piperidine rings is 1. The second kappa shape index (κ2) is 9.00. The molecule has 2 aliphatic rings. The van der Waals surface area contributed by atoms with Crippen LogP contribution in [0.4, 0.5) is 0 Å². The zero-order valence-corrected chi connectivity index (χ0v) is 14.4. The number of allylic oxidation sites excluding steroid dienone is 1. The van der Waals surface area contributed by atoms with Crippen molar-refractivity contribution >= 4 is 11.8 Å². The average Bonchev–Trinajstić information content (AvgIpc) is 3.16. The van der Waals surface area contributed by atoms with Gasteiger partial charge in [-0.05, 0) is 49.9 Å². The molecule has 1 aromatic rings. The molecule has 1 saturated heterocycles. The zero-order chi connectivity index (χ0) is 16.6. The predicted molar refractivity (Wildman–Crippen MR) is 99.3 cm³/mol. The van der Waals surface area contributed by atoms with E-state index in [1.54, 1.807) is 0 Å². The Morgan fingerprint density at radius 2 is 1.83 bits per heavy atom. The molecule has 0 aromatic heterocycles. The molecule has 1 aliphatic carbocycles. The van der Waals surface area contributed by atoms with Gasteiger partial charge in [0.25, 0.3) is 0 Å². The highest BCUT2D eigenvalue weighted by Crippen LogP contribution is 2.22. The van der Waals surface area contributed by atoms with E-state index in [2.05, 4.69) is 34.9 Å². The van der Waals surface area contributed by atoms with Crippen molar-refractivity contribution in [2.75, 3.05) is 13.1 Å². The molecular formula is C20H29N3O. The Labute approximate surface area is 145 Å². The van der Waals surface area contributed by atoms with E-state index in [4.69, 9.17) is 10.1 Å². The molecule has 130 valence electrons. The highest BCUT2D eigenvalue weighted by atomic mass is 16.5. The Morgan fingerprint density at radius 3 is 2.50 bits per heavy atom. The predicted octanol–water partition coefficient (Wildman–Crippen LogP) is 3.48. The fraction of sp³-hybridized carbons (Fsp3) is 0.550. The van der Waals surface area contributed by atoms with Gasteiger partial charge in [0.2, 0.25) is 0 Å². The van der Waals surface area contributed by atoms with Crippen LogP contribution >= 0.6 is 0 Å². The van der Waals surface area contributed by atoms with Gasteiger partial charge in [0.05, 0.1) is 12.7 Å². The highest BCUT2D eigenvalue weighted by molar-refractivity contribution is 6.08. The maximum atomic E-state index is 7.69. The number of nitrogens with one attached hydrogen (secondary N) is 3. The maximum Gasteiger partial charge on any atom is 0.0720 e. The van der Waals surface area contributed by atoms with Crippen molar-refractivity contribution in [1.82, 2.24) is 10.6 Å². The van der Waals surface area contributed by atoms with E-state index in [1.807, 2.05) is 6.20 Å². The van der Waals surface area contributed by atoms with Crippen LogP contribution in [0.1, 0.15) is 49.7 Å². The summed E-state index contributed by atoms with van der Waals surface area (Å²) in [4.78, 5) is 0. The van der Waals surface area contributed by atoms with Crippen molar-refractivity contribution in [3.63, 3.8) is 0 Å². The van der Waals surface area contributed by atoms with Crippen LogP contribution in [-0.2, 0) is 11.3 Å². The number of benzene rings is 1. The van der Waals surface area contributed by atoms with Crippen LogP contribution in [0, 0.1) is 5.41 Å². The molecular weight excluding hydrogens is 298 g/mol. The first-order valence-corrected chi connectivity index (χ1v) is 9.23. The van der Waals surface area contributed by atoms with Gasteiger partial charge in [-0.3, -0.25) is 0 Å². The van der Waals surface area contributed by atoms with Gasteiger partial charge in [-0.25, -0.2) is 0 Å². The monoisotopic (exact) mass is 327 g/mol. The molecule has 1 aromatic carbocycles. The van der Waals surface area contributed by atoms with Crippen molar-refractivity contribution in [2.24, 2.45) is 0 Å². The van der Waals surface area contributed by atoms with E-state index in [0.717, 1.165) is 37.1 Å². The fourth-order valence-electron chi connectivity index (χ4n) is 3.47. The summed E-state index contributed by atoms with van der Waals surface area (Å²) < 4.78 is 5.96. The van der Waals surface area contributed by atoms with Gasteiger partial charge in [0, 0.05) is 24.0 Å². The van der Waals surface area contributed by atoms with Gasteiger partial charge in [-0.15, -0.1) is 0 Å². The first-order chi connectivity index (χ1) is 11.8. The topological polar surface area (TPSA) is 57.1 Å². The van der Waals surface area contributed by atoms with E-state index in [-0.39, 0.29) is 0 Å². The summed E-state index contributed by atoms with van der Waals surface area (Å²) in [5.74, 6) is 0. The van der Waals surface area contributed by atoms with Crippen molar-refractivity contribution < 1.29 is 4.74 Å². The number of rotatable bonds is 7. The lowest BCUT2D eigenvalue weighted by molar-refractivity contribution is 0.0457. The number of hydrogen-bond donors (Lipinski definition) is 3. The van der Waals surface area contributed by atoms with Crippen molar-refractivity contribution in [3.8, 4) is 0 Å². The Kier molecular flexibility index (Phi) is 6.44. The number of ether oxygens (including phenoxy) is 1.